The van der Waals surface area contributed by atoms with Gasteiger partial charge < -0.3 is 5.11 Å². The predicted molar refractivity (Wildman–Crippen MR) is 54.3 cm³/mol. The van der Waals surface area contributed by atoms with Gasteiger partial charge in [-0.3, -0.25) is 4.79 Å². The van der Waals surface area contributed by atoms with E-state index in [1.54, 1.807) is 18.2 Å². The molecule has 1 N–H and O–H groups in total. The minimum absolute atomic E-state index is 0.188. The number of carbonyl (C=O) groups is 1. The maximum atomic E-state index is 11.6. The van der Waals surface area contributed by atoms with E-state index in [4.69, 9.17) is 10.4 Å². The van der Waals surface area contributed by atoms with Gasteiger partial charge in [-0.25, -0.2) is 0 Å². The van der Waals surface area contributed by atoms with Gasteiger partial charge in [0, 0.05) is 4.88 Å². The normalized spacial score (nSPS) is 11.8. The van der Waals surface area contributed by atoms with E-state index in [0.29, 0.717) is 4.88 Å². The van der Waals surface area contributed by atoms with Crippen LogP contribution in [0.5, 0.6) is 0 Å². The average Bonchev–Trinajstić information content (AvgIpc) is 2.52. The molecule has 0 atom stereocenters. The second-order valence-corrected chi connectivity index (χ2v) is 4.10. The zero-order valence-corrected chi connectivity index (χ0v) is 8.68. The van der Waals surface area contributed by atoms with Crippen molar-refractivity contribution >= 4 is 17.1 Å². The van der Waals surface area contributed by atoms with Crippen molar-refractivity contribution in [2.24, 2.45) is 0 Å². The molecule has 0 aliphatic carbocycles. The van der Waals surface area contributed by atoms with Crippen LogP contribution in [0.25, 0.3) is 0 Å². The number of thiophene rings is 1. The van der Waals surface area contributed by atoms with Gasteiger partial charge in [-0.15, -0.1) is 11.3 Å². The fourth-order valence-electron chi connectivity index (χ4n) is 0.976. The van der Waals surface area contributed by atoms with Crippen LogP contribution in [0.4, 0.5) is 0 Å². The van der Waals surface area contributed by atoms with Crippen molar-refractivity contribution < 1.29 is 9.90 Å². The third-order valence-corrected chi connectivity index (χ3v) is 2.66. The largest absolute Gasteiger partial charge is 0.511 e. The molecule has 1 aromatic rings. The molecule has 0 aliphatic heterocycles. The van der Waals surface area contributed by atoms with E-state index in [1.807, 2.05) is 6.92 Å². The van der Waals surface area contributed by atoms with Crippen molar-refractivity contribution in [2.75, 3.05) is 0 Å². The Morgan fingerprint density at radius 1 is 1.57 bits per heavy atom. The Bertz CT molecular complexity index is 433. The molecule has 0 aromatic carbocycles. The van der Waals surface area contributed by atoms with Crippen LogP contribution in [-0.2, 0) is 0 Å². The van der Waals surface area contributed by atoms with Crippen molar-refractivity contribution in [1.29, 1.82) is 5.26 Å². The summed E-state index contributed by atoms with van der Waals surface area (Å²) in [5.74, 6) is -0.644. The number of nitrogens with zero attached hydrogens (tertiary/aromatic N) is 1. The summed E-state index contributed by atoms with van der Waals surface area (Å²) >= 11 is 1.31. The number of aliphatic hydroxyl groups excluding tert-OH is 1. The zero-order valence-electron chi connectivity index (χ0n) is 7.87. The molecular formula is C10H9NO2S. The molecule has 3 nitrogen and oxygen atoms in total. The molecular weight excluding hydrogens is 198 g/mol. The molecule has 72 valence electrons. The van der Waals surface area contributed by atoms with Gasteiger partial charge in [-0.1, -0.05) is 0 Å². The second kappa shape index (κ2) is 4.07. The number of rotatable bonds is 2. The Morgan fingerprint density at radius 3 is 2.57 bits per heavy atom. The van der Waals surface area contributed by atoms with Crippen LogP contribution in [0.3, 0.4) is 0 Å². The van der Waals surface area contributed by atoms with Gasteiger partial charge >= 0.3 is 0 Å². The highest BCUT2D eigenvalue weighted by molar-refractivity contribution is 7.14. The summed E-state index contributed by atoms with van der Waals surface area (Å²) in [6.45, 7) is 3.21. The van der Waals surface area contributed by atoms with Crippen LogP contribution in [-0.4, -0.2) is 10.9 Å². The smallest absolute Gasteiger partial charge is 0.216 e. The Labute approximate surface area is 85.9 Å². The number of Topliss-reactive ketones (excluding diaryl/α,β-unsaturated/α-hetero) is 1. The third kappa shape index (κ3) is 2.01. The number of aliphatic hydroxyl groups is 1. The maximum Gasteiger partial charge on any atom is 0.216 e. The summed E-state index contributed by atoms with van der Waals surface area (Å²) in [4.78, 5) is 13.1. The minimum Gasteiger partial charge on any atom is -0.511 e. The Kier molecular flexibility index (Phi) is 3.05. The lowest BCUT2D eigenvalue weighted by Crippen LogP contribution is -2.01. The fraction of sp³-hybridized carbons (Fsp3) is 0.200. The summed E-state index contributed by atoms with van der Waals surface area (Å²) in [7, 11) is 0. The molecule has 1 aromatic heterocycles. The van der Waals surface area contributed by atoms with Crippen LogP contribution in [0.2, 0.25) is 0 Å². The summed E-state index contributed by atoms with van der Waals surface area (Å²) in [5, 5.41) is 17.7. The molecule has 1 rings (SSSR count). The van der Waals surface area contributed by atoms with E-state index in [0.717, 1.165) is 4.88 Å². The van der Waals surface area contributed by atoms with Crippen LogP contribution in [0.15, 0.2) is 23.5 Å². The summed E-state index contributed by atoms with van der Waals surface area (Å²) < 4.78 is 0. The highest BCUT2D eigenvalue weighted by atomic mass is 32.1. The SMILES string of the molecule is CC(O)=C(C#N)C(=O)c1ccc(C)s1. The number of hydrogen-bond acceptors (Lipinski definition) is 4. The minimum atomic E-state index is -0.411. The Morgan fingerprint density at radius 2 is 2.21 bits per heavy atom. The lowest BCUT2D eigenvalue weighted by atomic mass is 10.1. The summed E-state index contributed by atoms with van der Waals surface area (Å²) in [6, 6.07) is 5.16. The van der Waals surface area contributed by atoms with Crippen molar-refractivity contribution in [3.63, 3.8) is 0 Å². The zero-order chi connectivity index (χ0) is 10.7. The first-order valence-corrected chi connectivity index (χ1v) is 4.79. The highest BCUT2D eigenvalue weighted by Gasteiger charge is 2.16. The van der Waals surface area contributed by atoms with Gasteiger partial charge in [0.1, 0.15) is 17.4 Å². The highest BCUT2D eigenvalue weighted by Crippen LogP contribution is 2.19. The van der Waals surface area contributed by atoms with E-state index in [2.05, 4.69) is 0 Å². The molecule has 0 saturated heterocycles. The van der Waals surface area contributed by atoms with Gasteiger partial charge in [0.15, 0.2) is 0 Å². The first-order valence-electron chi connectivity index (χ1n) is 3.97. The molecule has 1 heterocycles. The molecule has 0 fully saturated rings. The lowest BCUT2D eigenvalue weighted by Gasteiger charge is -1.95. The van der Waals surface area contributed by atoms with Gasteiger partial charge in [0.25, 0.3) is 0 Å². The van der Waals surface area contributed by atoms with E-state index < -0.39 is 5.78 Å². The van der Waals surface area contributed by atoms with E-state index in [1.165, 1.54) is 18.3 Å². The van der Waals surface area contributed by atoms with Crippen molar-refractivity contribution in [3.8, 4) is 6.07 Å². The number of hydrogen-bond donors (Lipinski definition) is 1. The molecule has 4 heteroatoms. The Hall–Kier alpha value is -1.60. The third-order valence-electron chi connectivity index (χ3n) is 1.66. The second-order valence-electron chi connectivity index (χ2n) is 2.81. The quantitative estimate of drug-likeness (QED) is 0.351. The van der Waals surface area contributed by atoms with Gasteiger partial charge in [0.05, 0.1) is 4.88 Å². The molecule has 14 heavy (non-hydrogen) atoms. The van der Waals surface area contributed by atoms with Crippen molar-refractivity contribution in [2.45, 2.75) is 13.8 Å². The average molecular weight is 207 g/mol. The van der Waals surface area contributed by atoms with Gasteiger partial charge in [0.2, 0.25) is 5.78 Å². The number of aryl methyl sites for hydroxylation is 1. The van der Waals surface area contributed by atoms with E-state index in [-0.39, 0.29) is 11.3 Å². The number of allylic oxidation sites excluding steroid dienone is 2. The standard InChI is InChI=1S/C10H9NO2S/c1-6-3-4-9(14-6)10(13)8(5-11)7(2)12/h3-4,12H,1-2H3. The summed E-state index contributed by atoms with van der Waals surface area (Å²) in [5.41, 5.74) is -0.188. The topological polar surface area (TPSA) is 61.1 Å². The van der Waals surface area contributed by atoms with Crippen LogP contribution >= 0.6 is 11.3 Å². The van der Waals surface area contributed by atoms with Crippen LogP contribution < -0.4 is 0 Å². The first kappa shape index (κ1) is 10.5. The molecule has 0 radical (unpaired) electrons. The van der Waals surface area contributed by atoms with Crippen molar-refractivity contribution in [3.05, 3.63) is 33.2 Å². The predicted octanol–water partition coefficient (Wildman–Crippen LogP) is 2.59. The van der Waals surface area contributed by atoms with Gasteiger partial charge in [-0.05, 0) is 26.0 Å². The van der Waals surface area contributed by atoms with E-state index in [9.17, 15) is 4.79 Å². The number of carbonyl (C=O) groups excluding carboxylic acids is 1. The first-order chi connectivity index (χ1) is 6.56. The van der Waals surface area contributed by atoms with E-state index >= 15 is 0 Å². The Balaban J connectivity index is 3.09. The number of ketones is 1. The molecule has 0 amide bonds. The molecule has 0 unspecified atom stereocenters. The van der Waals surface area contributed by atoms with Crippen LogP contribution in [0, 0.1) is 18.3 Å². The molecule has 0 spiro atoms. The lowest BCUT2D eigenvalue weighted by molar-refractivity contribution is 0.103. The molecule has 0 bridgehead atoms. The maximum absolute atomic E-state index is 11.6. The molecule has 0 saturated carbocycles. The monoisotopic (exact) mass is 207 g/mol. The van der Waals surface area contributed by atoms with Crippen molar-refractivity contribution in [1.82, 2.24) is 0 Å². The number of nitriles is 1. The van der Waals surface area contributed by atoms with Gasteiger partial charge in [-0.2, -0.15) is 5.26 Å². The van der Waals surface area contributed by atoms with Crippen LogP contribution in [0.1, 0.15) is 21.5 Å². The molecule has 0 aliphatic rings. The fourth-order valence-corrected chi connectivity index (χ4v) is 1.79. The summed E-state index contributed by atoms with van der Waals surface area (Å²) in [6.07, 6.45) is 0.